The Labute approximate surface area is 107 Å². The number of halogens is 1. The molecule has 0 aliphatic rings. The molecule has 0 radical (unpaired) electrons. The Bertz CT molecular complexity index is 387. The van der Waals surface area contributed by atoms with Gasteiger partial charge >= 0.3 is 0 Å². The summed E-state index contributed by atoms with van der Waals surface area (Å²) in [6, 6.07) is 7.28. The number of hydrogen-bond donors (Lipinski definition) is 2. The molecule has 92 valence electrons. The van der Waals surface area contributed by atoms with Gasteiger partial charge in [-0.2, -0.15) is 5.26 Å². The molecular weight excluding hydrogens is 236 g/mol. The van der Waals surface area contributed by atoms with Crippen LogP contribution in [0.3, 0.4) is 0 Å². The van der Waals surface area contributed by atoms with Crippen molar-refractivity contribution in [1.29, 1.82) is 5.26 Å². The molecule has 0 bridgehead atoms. The summed E-state index contributed by atoms with van der Waals surface area (Å²) in [7, 11) is 0. The molecule has 0 aliphatic heterocycles. The predicted molar refractivity (Wildman–Crippen MR) is 70.2 cm³/mol. The number of unbranched alkanes of at least 4 members (excludes halogenated alkanes) is 3. The highest BCUT2D eigenvalue weighted by molar-refractivity contribution is 6.33. The minimum atomic E-state index is 0.267. The monoisotopic (exact) mass is 252 g/mol. The van der Waals surface area contributed by atoms with E-state index in [0.717, 1.165) is 37.9 Å². The van der Waals surface area contributed by atoms with Crippen molar-refractivity contribution in [3.05, 3.63) is 28.8 Å². The second-order valence-electron chi connectivity index (χ2n) is 3.87. The van der Waals surface area contributed by atoms with E-state index in [1.807, 2.05) is 0 Å². The Morgan fingerprint density at radius 3 is 2.71 bits per heavy atom. The molecule has 0 atom stereocenters. The quantitative estimate of drug-likeness (QED) is 0.733. The van der Waals surface area contributed by atoms with Crippen LogP contribution in [-0.2, 0) is 0 Å². The maximum Gasteiger partial charge on any atom is 0.0992 e. The van der Waals surface area contributed by atoms with Gasteiger partial charge in [0.15, 0.2) is 0 Å². The molecule has 3 nitrogen and oxygen atoms in total. The van der Waals surface area contributed by atoms with Crippen LogP contribution < -0.4 is 5.32 Å². The second-order valence-corrected chi connectivity index (χ2v) is 4.28. The van der Waals surface area contributed by atoms with Crippen molar-refractivity contribution in [3.8, 4) is 6.07 Å². The molecule has 0 unspecified atom stereocenters. The van der Waals surface area contributed by atoms with Crippen molar-refractivity contribution in [2.45, 2.75) is 25.7 Å². The molecule has 0 heterocycles. The number of nitrogens with one attached hydrogen (secondary N) is 1. The average molecular weight is 253 g/mol. The maximum atomic E-state index is 8.78. The topological polar surface area (TPSA) is 56.0 Å². The molecule has 0 saturated carbocycles. The number of aliphatic hydroxyl groups is 1. The first-order valence-electron chi connectivity index (χ1n) is 5.82. The number of rotatable bonds is 7. The largest absolute Gasteiger partial charge is 0.396 e. The van der Waals surface area contributed by atoms with E-state index in [1.54, 1.807) is 18.2 Å². The van der Waals surface area contributed by atoms with Crippen LogP contribution in [0.4, 0.5) is 5.69 Å². The first-order chi connectivity index (χ1) is 8.27. The van der Waals surface area contributed by atoms with Crippen LogP contribution in [0.15, 0.2) is 18.2 Å². The van der Waals surface area contributed by atoms with Gasteiger partial charge in [-0.15, -0.1) is 0 Å². The van der Waals surface area contributed by atoms with Gasteiger partial charge in [-0.25, -0.2) is 0 Å². The van der Waals surface area contributed by atoms with Crippen molar-refractivity contribution in [2.24, 2.45) is 0 Å². The minimum absolute atomic E-state index is 0.267. The fraction of sp³-hybridized carbons (Fsp3) is 0.462. The number of nitrogens with zero attached hydrogens (tertiary/aromatic N) is 1. The lowest BCUT2D eigenvalue weighted by Crippen LogP contribution is -2.02. The lowest BCUT2D eigenvalue weighted by molar-refractivity contribution is 0.283. The summed E-state index contributed by atoms with van der Waals surface area (Å²) >= 11 is 6.01. The van der Waals surface area contributed by atoms with Crippen molar-refractivity contribution < 1.29 is 5.11 Å². The molecule has 0 amide bonds. The standard InChI is InChI=1S/C13H17ClN2O/c14-12-6-5-11(10-15)9-13(12)16-7-3-1-2-4-8-17/h5-6,9,16-17H,1-4,7-8H2. The summed E-state index contributed by atoms with van der Waals surface area (Å²) in [6.07, 6.45) is 4.03. The lowest BCUT2D eigenvalue weighted by atomic mass is 10.2. The van der Waals surface area contributed by atoms with E-state index < -0.39 is 0 Å². The van der Waals surface area contributed by atoms with Crippen LogP contribution in [-0.4, -0.2) is 18.3 Å². The third kappa shape index (κ3) is 5.08. The smallest absolute Gasteiger partial charge is 0.0992 e. The molecule has 0 aliphatic carbocycles. The Morgan fingerprint density at radius 1 is 1.24 bits per heavy atom. The molecule has 0 saturated heterocycles. The van der Waals surface area contributed by atoms with E-state index in [0.29, 0.717) is 10.6 Å². The van der Waals surface area contributed by atoms with Crippen LogP contribution in [0.2, 0.25) is 5.02 Å². The predicted octanol–water partition coefficient (Wildman–Crippen LogP) is 3.18. The van der Waals surface area contributed by atoms with Crippen LogP contribution in [0.5, 0.6) is 0 Å². The van der Waals surface area contributed by atoms with Crippen LogP contribution in [0.1, 0.15) is 31.2 Å². The number of hydrogen-bond acceptors (Lipinski definition) is 3. The first-order valence-corrected chi connectivity index (χ1v) is 6.20. The van der Waals surface area contributed by atoms with Crippen molar-refractivity contribution in [3.63, 3.8) is 0 Å². The minimum Gasteiger partial charge on any atom is -0.396 e. The molecule has 1 aromatic carbocycles. The fourth-order valence-electron chi connectivity index (χ4n) is 1.54. The van der Waals surface area contributed by atoms with Gasteiger partial charge in [0, 0.05) is 13.2 Å². The third-order valence-corrected chi connectivity index (χ3v) is 2.83. The first kappa shape index (κ1) is 13.8. The molecule has 4 heteroatoms. The summed E-state index contributed by atoms with van der Waals surface area (Å²) in [5, 5.41) is 21.3. The summed E-state index contributed by atoms with van der Waals surface area (Å²) in [5.74, 6) is 0. The van der Waals surface area contributed by atoms with Crippen molar-refractivity contribution >= 4 is 17.3 Å². The summed E-state index contributed by atoms with van der Waals surface area (Å²) in [5.41, 5.74) is 1.42. The van der Waals surface area contributed by atoms with Crippen molar-refractivity contribution in [1.82, 2.24) is 0 Å². The number of aliphatic hydroxyl groups excluding tert-OH is 1. The summed E-state index contributed by atoms with van der Waals surface area (Å²) in [6.45, 7) is 1.10. The molecule has 0 spiro atoms. The van der Waals surface area contributed by atoms with Gasteiger partial charge in [0.2, 0.25) is 0 Å². The molecule has 2 N–H and O–H groups in total. The molecule has 1 rings (SSSR count). The Morgan fingerprint density at radius 2 is 2.00 bits per heavy atom. The van der Waals surface area contributed by atoms with Crippen LogP contribution in [0, 0.1) is 11.3 Å². The van der Waals surface area contributed by atoms with Crippen LogP contribution in [0.25, 0.3) is 0 Å². The highest BCUT2D eigenvalue weighted by Crippen LogP contribution is 2.22. The van der Waals surface area contributed by atoms with Gasteiger partial charge in [0.05, 0.1) is 22.3 Å². The normalized spacial score (nSPS) is 9.94. The van der Waals surface area contributed by atoms with E-state index in [-0.39, 0.29) is 6.61 Å². The summed E-state index contributed by atoms with van der Waals surface area (Å²) in [4.78, 5) is 0. The Balaban J connectivity index is 2.33. The Kier molecular flexibility index (Phi) is 6.46. The van der Waals surface area contributed by atoms with Gasteiger partial charge < -0.3 is 10.4 Å². The SMILES string of the molecule is N#Cc1ccc(Cl)c(NCCCCCCO)c1. The van der Waals surface area contributed by atoms with E-state index in [4.69, 9.17) is 22.0 Å². The molecule has 0 aromatic heterocycles. The summed E-state index contributed by atoms with van der Waals surface area (Å²) < 4.78 is 0. The second kappa shape index (κ2) is 7.94. The van der Waals surface area contributed by atoms with E-state index in [1.165, 1.54) is 0 Å². The van der Waals surface area contributed by atoms with Gasteiger partial charge in [-0.05, 0) is 31.0 Å². The zero-order valence-corrected chi connectivity index (χ0v) is 10.5. The lowest BCUT2D eigenvalue weighted by Gasteiger charge is -2.08. The third-order valence-electron chi connectivity index (χ3n) is 2.50. The Hall–Kier alpha value is -1.24. The van der Waals surface area contributed by atoms with Gasteiger partial charge in [-0.3, -0.25) is 0 Å². The number of nitriles is 1. The van der Waals surface area contributed by atoms with Crippen LogP contribution >= 0.6 is 11.6 Å². The molecular formula is C13H17ClN2O. The van der Waals surface area contributed by atoms with E-state index >= 15 is 0 Å². The fourth-order valence-corrected chi connectivity index (χ4v) is 1.73. The zero-order chi connectivity index (χ0) is 12.5. The molecule has 1 aromatic rings. The van der Waals surface area contributed by atoms with Gasteiger partial charge in [0.1, 0.15) is 0 Å². The van der Waals surface area contributed by atoms with Crippen molar-refractivity contribution in [2.75, 3.05) is 18.5 Å². The molecule has 0 fully saturated rings. The number of benzene rings is 1. The average Bonchev–Trinajstić information content (AvgIpc) is 2.35. The molecule has 17 heavy (non-hydrogen) atoms. The van der Waals surface area contributed by atoms with Gasteiger partial charge in [0.25, 0.3) is 0 Å². The highest BCUT2D eigenvalue weighted by atomic mass is 35.5. The van der Waals surface area contributed by atoms with E-state index in [9.17, 15) is 0 Å². The van der Waals surface area contributed by atoms with Gasteiger partial charge in [-0.1, -0.05) is 24.4 Å². The van der Waals surface area contributed by atoms with E-state index in [2.05, 4.69) is 11.4 Å². The zero-order valence-electron chi connectivity index (χ0n) is 9.75. The number of anilines is 1. The highest BCUT2D eigenvalue weighted by Gasteiger charge is 2.00. The maximum absolute atomic E-state index is 8.78.